The second-order valence-electron chi connectivity index (χ2n) is 5.52. The Labute approximate surface area is 151 Å². The van der Waals surface area contributed by atoms with Gasteiger partial charge in [0.1, 0.15) is 5.82 Å². The lowest BCUT2D eigenvalue weighted by molar-refractivity contribution is 0.0945. The van der Waals surface area contributed by atoms with Gasteiger partial charge < -0.3 is 16.4 Å². The number of amides is 2. The van der Waals surface area contributed by atoms with Crippen molar-refractivity contribution in [1.29, 1.82) is 0 Å². The van der Waals surface area contributed by atoms with Crippen LogP contribution in [0.25, 0.3) is 0 Å². The fourth-order valence-electron chi connectivity index (χ4n) is 2.23. The zero-order valence-corrected chi connectivity index (χ0v) is 13.8. The number of anilines is 2. The van der Waals surface area contributed by atoms with Crippen molar-refractivity contribution in [3.8, 4) is 0 Å². The molecule has 2 amide bonds. The molecule has 27 heavy (non-hydrogen) atoms. The highest BCUT2D eigenvalue weighted by atomic mass is 19.2. The number of rotatable bonds is 5. The SMILES string of the molecule is Nc1cc(F)c(F)cc1C(=O)Nc1cc(C(=O)NCc2cccnc2)n[nH]1. The number of benzene rings is 1. The lowest BCUT2D eigenvalue weighted by Crippen LogP contribution is -2.23. The van der Waals surface area contributed by atoms with Gasteiger partial charge in [-0.25, -0.2) is 8.78 Å². The van der Waals surface area contributed by atoms with E-state index >= 15 is 0 Å². The third-order valence-electron chi connectivity index (χ3n) is 3.57. The van der Waals surface area contributed by atoms with Crippen LogP contribution in [-0.2, 0) is 6.54 Å². The molecule has 3 rings (SSSR count). The van der Waals surface area contributed by atoms with Crippen molar-refractivity contribution in [2.45, 2.75) is 6.54 Å². The van der Waals surface area contributed by atoms with Crippen LogP contribution < -0.4 is 16.4 Å². The third kappa shape index (κ3) is 4.24. The van der Waals surface area contributed by atoms with E-state index in [1.165, 1.54) is 6.07 Å². The Balaban J connectivity index is 1.64. The van der Waals surface area contributed by atoms with Gasteiger partial charge in [-0.2, -0.15) is 5.10 Å². The van der Waals surface area contributed by atoms with Gasteiger partial charge in [-0.1, -0.05) is 6.07 Å². The topological polar surface area (TPSA) is 126 Å². The number of H-pyrrole nitrogens is 1. The minimum Gasteiger partial charge on any atom is -0.398 e. The van der Waals surface area contributed by atoms with E-state index in [-0.39, 0.29) is 29.3 Å². The quantitative estimate of drug-likeness (QED) is 0.509. The smallest absolute Gasteiger partial charge is 0.272 e. The van der Waals surface area contributed by atoms with Crippen molar-refractivity contribution in [2.24, 2.45) is 0 Å². The summed E-state index contributed by atoms with van der Waals surface area (Å²) in [5, 5.41) is 11.3. The summed E-state index contributed by atoms with van der Waals surface area (Å²) >= 11 is 0. The van der Waals surface area contributed by atoms with Gasteiger partial charge >= 0.3 is 0 Å². The molecule has 138 valence electrons. The molecule has 0 aliphatic rings. The van der Waals surface area contributed by atoms with Crippen molar-refractivity contribution in [1.82, 2.24) is 20.5 Å². The Morgan fingerprint density at radius 2 is 1.93 bits per heavy atom. The molecular weight excluding hydrogens is 358 g/mol. The van der Waals surface area contributed by atoms with E-state index in [2.05, 4.69) is 25.8 Å². The first-order valence-electron chi connectivity index (χ1n) is 7.72. The van der Waals surface area contributed by atoms with Gasteiger partial charge in [0.25, 0.3) is 11.8 Å². The predicted octanol–water partition coefficient (Wildman–Crippen LogP) is 1.85. The summed E-state index contributed by atoms with van der Waals surface area (Å²) in [5.74, 6) is -3.51. The molecule has 8 nitrogen and oxygen atoms in total. The summed E-state index contributed by atoms with van der Waals surface area (Å²) in [6.45, 7) is 0.257. The van der Waals surface area contributed by atoms with Crippen LogP contribution in [0.1, 0.15) is 26.4 Å². The summed E-state index contributed by atoms with van der Waals surface area (Å²) in [6.07, 6.45) is 3.23. The van der Waals surface area contributed by atoms with Crippen LogP contribution in [0, 0.1) is 11.6 Å². The van der Waals surface area contributed by atoms with Crippen molar-refractivity contribution < 1.29 is 18.4 Å². The molecule has 10 heteroatoms. The number of hydrogen-bond acceptors (Lipinski definition) is 5. The van der Waals surface area contributed by atoms with Crippen molar-refractivity contribution >= 4 is 23.3 Å². The molecule has 0 saturated carbocycles. The van der Waals surface area contributed by atoms with E-state index in [0.29, 0.717) is 12.1 Å². The highest BCUT2D eigenvalue weighted by Crippen LogP contribution is 2.18. The Morgan fingerprint density at radius 3 is 2.67 bits per heavy atom. The van der Waals surface area contributed by atoms with Crippen LogP contribution in [0.4, 0.5) is 20.3 Å². The first kappa shape index (κ1) is 18.0. The summed E-state index contributed by atoms with van der Waals surface area (Å²) < 4.78 is 26.4. The van der Waals surface area contributed by atoms with E-state index in [0.717, 1.165) is 5.56 Å². The third-order valence-corrected chi connectivity index (χ3v) is 3.57. The monoisotopic (exact) mass is 372 g/mol. The van der Waals surface area contributed by atoms with E-state index < -0.39 is 23.4 Å². The lowest BCUT2D eigenvalue weighted by Gasteiger charge is -2.06. The first-order chi connectivity index (χ1) is 12.9. The van der Waals surface area contributed by atoms with Crippen LogP contribution in [0.15, 0.2) is 42.7 Å². The number of pyridine rings is 1. The van der Waals surface area contributed by atoms with Gasteiger partial charge in [0.15, 0.2) is 17.3 Å². The highest BCUT2D eigenvalue weighted by molar-refractivity contribution is 6.07. The number of carbonyl (C=O) groups is 2. The van der Waals surface area contributed by atoms with Crippen LogP contribution in [0.2, 0.25) is 0 Å². The molecule has 0 saturated heterocycles. The number of aromatic nitrogens is 3. The van der Waals surface area contributed by atoms with Gasteiger partial charge in [0.2, 0.25) is 0 Å². The molecule has 1 aromatic carbocycles. The Morgan fingerprint density at radius 1 is 1.15 bits per heavy atom. The Kier molecular flexibility index (Phi) is 5.06. The molecule has 2 heterocycles. The van der Waals surface area contributed by atoms with Crippen LogP contribution >= 0.6 is 0 Å². The molecule has 0 aliphatic heterocycles. The number of nitrogens with one attached hydrogen (secondary N) is 3. The molecule has 5 N–H and O–H groups in total. The summed E-state index contributed by atoms with van der Waals surface area (Å²) in [5.41, 5.74) is 5.91. The minimum atomic E-state index is -1.20. The summed E-state index contributed by atoms with van der Waals surface area (Å²) in [4.78, 5) is 28.2. The second kappa shape index (κ2) is 7.60. The number of hydrogen-bond donors (Lipinski definition) is 4. The zero-order chi connectivity index (χ0) is 19.4. The maximum Gasteiger partial charge on any atom is 0.272 e. The second-order valence-corrected chi connectivity index (χ2v) is 5.52. The van der Waals surface area contributed by atoms with E-state index in [1.807, 2.05) is 0 Å². The van der Waals surface area contributed by atoms with Gasteiger partial charge in [-0.05, 0) is 17.7 Å². The number of halogens is 2. The Bertz CT molecular complexity index is 990. The molecule has 0 spiro atoms. The number of nitrogens with two attached hydrogens (primary N) is 1. The average Bonchev–Trinajstić information content (AvgIpc) is 3.12. The zero-order valence-electron chi connectivity index (χ0n) is 13.8. The predicted molar refractivity (Wildman–Crippen MR) is 92.7 cm³/mol. The molecule has 0 bridgehead atoms. The van der Waals surface area contributed by atoms with Crippen LogP contribution in [0.3, 0.4) is 0 Å². The summed E-state index contributed by atoms with van der Waals surface area (Å²) in [6, 6.07) is 6.25. The molecule has 0 fully saturated rings. The fraction of sp³-hybridized carbons (Fsp3) is 0.0588. The fourth-order valence-corrected chi connectivity index (χ4v) is 2.23. The van der Waals surface area contributed by atoms with Crippen LogP contribution in [0.5, 0.6) is 0 Å². The maximum absolute atomic E-state index is 13.3. The van der Waals surface area contributed by atoms with Gasteiger partial charge in [-0.15, -0.1) is 0 Å². The van der Waals surface area contributed by atoms with E-state index in [4.69, 9.17) is 5.73 Å². The first-order valence-corrected chi connectivity index (χ1v) is 7.72. The molecule has 3 aromatic rings. The highest BCUT2D eigenvalue weighted by Gasteiger charge is 2.17. The normalized spacial score (nSPS) is 10.4. The average molecular weight is 372 g/mol. The number of nitrogens with zero attached hydrogens (tertiary/aromatic N) is 2. The van der Waals surface area contributed by atoms with Gasteiger partial charge in [0, 0.05) is 36.8 Å². The van der Waals surface area contributed by atoms with Crippen molar-refractivity contribution in [3.63, 3.8) is 0 Å². The van der Waals surface area contributed by atoms with Crippen molar-refractivity contribution in [3.05, 3.63) is 71.2 Å². The molecule has 2 aromatic heterocycles. The van der Waals surface area contributed by atoms with Gasteiger partial charge in [-0.3, -0.25) is 19.7 Å². The Hall–Kier alpha value is -3.82. The van der Waals surface area contributed by atoms with Crippen LogP contribution in [-0.4, -0.2) is 27.0 Å². The molecule has 0 unspecified atom stereocenters. The minimum absolute atomic E-state index is 0.0347. The van der Waals surface area contributed by atoms with E-state index in [1.54, 1.807) is 24.5 Å². The van der Waals surface area contributed by atoms with Crippen molar-refractivity contribution in [2.75, 3.05) is 11.1 Å². The van der Waals surface area contributed by atoms with Gasteiger partial charge in [0.05, 0.1) is 5.56 Å². The maximum atomic E-state index is 13.3. The molecule has 0 aliphatic carbocycles. The number of aromatic amines is 1. The molecule has 0 atom stereocenters. The summed E-state index contributed by atoms with van der Waals surface area (Å²) in [7, 11) is 0. The number of nitrogen functional groups attached to an aromatic ring is 1. The largest absolute Gasteiger partial charge is 0.398 e. The molecular formula is C17H14F2N6O2. The van der Waals surface area contributed by atoms with E-state index in [9.17, 15) is 18.4 Å². The standard InChI is InChI=1S/C17H14F2N6O2/c18-11-4-10(13(20)5-12(11)19)16(26)23-15-6-14(24-25-15)17(27)22-8-9-2-1-3-21-7-9/h1-7H,8,20H2,(H,22,27)(H2,23,24,25,26). The molecule has 0 radical (unpaired) electrons. The number of carbonyl (C=O) groups excluding carboxylic acids is 2. The lowest BCUT2D eigenvalue weighted by atomic mass is 10.1.